The predicted molar refractivity (Wildman–Crippen MR) is 94.6 cm³/mol. The summed E-state index contributed by atoms with van der Waals surface area (Å²) in [5.41, 5.74) is -1.56. The molecule has 0 aliphatic carbocycles. The van der Waals surface area contributed by atoms with E-state index < -0.39 is 34.3 Å². The summed E-state index contributed by atoms with van der Waals surface area (Å²) >= 11 is 4.90. The number of carbonyl (C=O) groups is 1. The van der Waals surface area contributed by atoms with Crippen LogP contribution in [0, 0.1) is 5.82 Å². The highest BCUT2D eigenvalue weighted by Gasteiger charge is 2.31. The van der Waals surface area contributed by atoms with Crippen LogP contribution in [0.1, 0.15) is 15.9 Å². The first kappa shape index (κ1) is 20.4. The van der Waals surface area contributed by atoms with Crippen LogP contribution in [-0.4, -0.2) is 25.2 Å². The molecule has 144 valence electrons. The maximum absolute atomic E-state index is 13.8. The molecule has 0 saturated carbocycles. The Bertz CT molecular complexity index is 849. The van der Waals surface area contributed by atoms with Gasteiger partial charge in [0.1, 0.15) is 22.9 Å². The van der Waals surface area contributed by atoms with Gasteiger partial charge in [-0.1, -0.05) is 6.07 Å². The van der Waals surface area contributed by atoms with Crippen molar-refractivity contribution in [2.45, 2.75) is 6.18 Å². The molecule has 0 bridgehead atoms. The highest BCUT2D eigenvalue weighted by molar-refractivity contribution is 7.80. The molecule has 0 radical (unpaired) electrons. The van der Waals surface area contributed by atoms with Crippen LogP contribution < -0.4 is 20.1 Å². The van der Waals surface area contributed by atoms with Crippen molar-refractivity contribution >= 4 is 28.9 Å². The van der Waals surface area contributed by atoms with Crippen LogP contribution in [0.5, 0.6) is 11.5 Å². The quantitative estimate of drug-likeness (QED) is 0.598. The number of amides is 1. The Morgan fingerprint density at radius 1 is 1.07 bits per heavy atom. The molecule has 0 saturated heterocycles. The van der Waals surface area contributed by atoms with Crippen molar-refractivity contribution in [3.05, 3.63) is 53.3 Å². The van der Waals surface area contributed by atoms with Gasteiger partial charge >= 0.3 is 6.18 Å². The molecule has 5 nitrogen and oxygen atoms in total. The van der Waals surface area contributed by atoms with Crippen molar-refractivity contribution in [2.24, 2.45) is 0 Å². The molecule has 1 amide bonds. The lowest BCUT2D eigenvalue weighted by Crippen LogP contribution is -2.34. The zero-order valence-electron chi connectivity index (χ0n) is 14.1. The lowest BCUT2D eigenvalue weighted by molar-refractivity contribution is -0.137. The first-order chi connectivity index (χ1) is 12.7. The Morgan fingerprint density at radius 3 is 2.19 bits per heavy atom. The van der Waals surface area contributed by atoms with E-state index in [4.69, 9.17) is 21.7 Å². The summed E-state index contributed by atoms with van der Waals surface area (Å²) in [5.74, 6) is -1.32. The zero-order valence-corrected chi connectivity index (χ0v) is 14.9. The minimum absolute atomic E-state index is 0.0242. The molecule has 0 spiro atoms. The number of rotatable bonds is 4. The Hall–Kier alpha value is -2.88. The second kappa shape index (κ2) is 8.21. The van der Waals surface area contributed by atoms with Gasteiger partial charge in [0, 0.05) is 0 Å². The lowest BCUT2D eigenvalue weighted by Gasteiger charge is -2.15. The number of anilines is 1. The number of carbonyl (C=O) groups excluding carboxylic acids is 1. The minimum Gasteiger partial charge on any atom is -0.496 e. The molecule has 0 heterocycles. The highest BCUT2D eigenvalue weighted by atomic mass is 32.1. The predicted octanol–water partition coefficient (Wildman–Crippen LogP) is 3.99. The van der Waals surface area contributed by atoms with Crippen LogP contribution in [0.4, 0.5) is 23.2 Å². The highest BCUT2D eigenvalue weighted by Crippen LogP contribution is 2.32. The Morgan fingerprint density at radius 2 is 1.67 bits per heavy atom. The molecule has 0 atom stereocenters. The van der Waals surface area contributed by atoms with Crippen LogP contribution >= 0.6 is 12.2 Å². The molecule has 0 unspecified atom stereocenters. The molecule has 0 aromatic heterocycles. The van der Waals surface area contributed by atoms with Crippen LogP contribution in [0.25, 0.3) is 0 Å². The molecule has 2 aromatic rings. The molecule has 27 heavy (non-hydrogen) atoms. The summed E-state index contributed by atoms with van der Waals surface area (Å²) in [6, 6.07) is 6.43. The third-order valence-electron chi connectivity index (χ3n) is 3.42. The molecule has 2 N–H and O–H groups in total. The number of nitrogens with one attached hydrogen (secondary N) is 2. The van der Waals surface area contributed by atoms with Gasteiger partial charge in [-0.05, 0) is 42.5 Å². The second-order valence-corrected chi connectivity index (χ2v) is 5.55. The number of hydrogen-bond acceptors (Lipinski definition) is 4. The fraction of sp³-hybridized carbons (Fsp3) is 0.176. The van der Waals surface area contributed by atoms with Crippen molar-refractivity contribution in [1.82, 2.24) is 5.32 Å². The van der Waals surface area contributed by atoms with Gasteiger partial charge in [-0.3, -0.25) is 10.1 Å². The van der Waals surface area contributed by atoms with Crippen molar-refractivity contribution in [3.8, 4) is 11.5 Å². The van der Waals surface area contributed by atoms with Crippen molar-refractivity contribution < 1.29 is 31.8 Å². The third kappa shape index (κ3) is 4.85. The van der Waals surface area contributed by atoms with Crippen LogP contribution in [-0.2, 0) is 6.18 Å². The molecule has 2 rings (SSSR count). The van der Waals surface area contributed by atoms with E-state index in [0.717, 1.165) is 0 Å². The number of methoxy groups -OCH3 is 2. The number of ether oxygens (including phenoxy) is 2. The smallest absolute Gasteiger partial charge is 0.416 e. The number of alkyl halides is 3. The Balaban J connectivity index is 2.21. The molecular formula is C17H14F4N2O3S. The summed E-state index contributed by atoms with van der Waals surface area (Å²) < 4.78 is 62.2. The molecular weight excluding hydrogens is 388 g/mol. The Kier molecular flexibility index (Phi) is 6.21. The summed E-state index contributed by atoms with van der Waals surface area (Å²) in [6.45, 7) is 0. The summed E-state index contributed by atoms with van der Waals surface area (Å²) in [6.07, 6.45) is -4.65. The first-order valence-corrected chi connectivity index (χ1v) is 7.78. The first-order valence-electron chi connectivity index (χ1n) is 7.37. The number of hydrogen-bond donors (Lipinski definition) is 2. The van der Waals surface area contributed by atoms with Gasteiger partial charge in [0.05, 0.1) is 25.5 Å². The zero-order chi connectivity index (χ0) is 20.2. The topological polar surface area (TPSA) is 59.6 Å². The van der Waals surface area contributed by atoms with Crippen LogP contribution in [0.15, 0.2) is 36.4 Å². The molecule has 0 aliphatic rings. The van der Waals surface area contributed by atoms with Gasteiger partial charge in [-0.2, -0.15) is 13.2 Å². The number of halogens is 4. The normalized spacial score (nSPS) is 10.9. The maximum atomic E-state index is 13.8. The van der Waals surface area contributed by atoms with E-state index in [1.807, 2.05) is 0 Å². The summed E-state index contributed by atoms with van der Waals surface area (Å²) in [4.78, 5) is 12.4. The van der Waals surface area contributed by atoms with Gasteiger partial charge in [0.25, 0.3) is 5.91 Å². The lowest BCUT2D eigenvalue weighted by atomic mass is 10.1. The molecule has 10 heteroatoms. The maximum Gasteiger partial charge on any atom is 0.416 e. The molecule has 2 aromatic carbocycles. The van der Waals surface area contributed by atoms with E-state index in [9.17, 15) is 22.4 Å². The molecule has 0 fully saturated rings. The SMILES string of the molecule is COc1cccc(OC)c1C(=O)NC(=S)Nc1cc(C(F)(F)F)ccc1F. The standard InChI is InChI=1S/C17H14F4N2O3S/c1-25-12-4-3-5-13(26-2)14(12)15(24)23-16(27)22-11-8-9(17(19,20)21)6-7-10(11)18/h3-8H,1-2H3,(H2,22,23,24,27). The Labute approximate surface area is 157 Å². The van der Waals surface area contributed by atoms with E-state index in [1.165, 1.54) is 26.4 Å². The van der Waals surface area contributed by atoms with E-state index in [-0.39, 0.29) is 17.1 Å². The number of benzene rings is 2. The fourth-order valence-corrected chi connectivity index (χ4v) is 2.39. The molecule has 0 aliphatic heterocycles. The van der Waals surface area contributed by atoms with Crippen LogP contribution in [0.2, 0.25) is 0 Å². The van der Waals surface area contributed by atoms with Crippen LogP contribution in [0.3, 0.4) is 0 Å². The van der Waals surface area contributed by atoms with Gasteiger partial charge in [0.2, 0.25) is 0 Å². The summed E-state index contributed by atoms with van der Waals surface area (Å²) in [7, 11) is 2.69. The largest absolute Gasteiger partial charge is 0.496 e. The third-order valence-corrected chi connectivity index (χ3v) is 3.63. The van der Waals surface area contributed by atoms with Crippen molar-refractivity contribution in [1.29, 1.82) is 0 Å². The van der Waals surface area contributed by atoms with E-state index in [1.54, 1.807) is 6.07 Å². The van der Waals surface area contributed by atoms with Crippen molar-refractivity contribution in [3.63, 3.8) is 0 Å². The fourth-order valence-electron chi connectivity index (χ4n) is 2.19. The van der Waals surface area contributed by atoms with E-state index in [0.29, 0.717) is 18.2 Å². The minimum atomic E-state index is -4.65. The monoisotopic (exact) mass is 402 g/mol. The second-order valence-electron chi connectivity index (χ2n) is 5.14. The van der Waals surface area contributed by atoms with E-state index in [2.05, 4.69) is 10.6 Å². The van der Waals surface area contributed by atoms with E-state index >= 15 is 0 Å². The van der Waals surface area contributed by atoms with Gasteiger partial charge in [-0.15, -0.1) is 0 Å². The number of thiocarbonyl (C=S) groups is 1. The van der Waals surface area contributed by atoms with Gasteiger partial charge in [-0.25, -0.2) is 4.39 Å². The van der Waals surface area contributed by atoms with Crippen molar-refractivity contribution in [2.75, 3.05) is 19.5 Å². The van der Waals surface area contributed by atoms with Gasteiger partial charge in [0.15, 0.2) is 5.11 Å². The van der Waals surface area contributed by atoms with Gasteiger partial charge < -0.3 is 14.8 Å². The average molecular weight is 402 g/mol. The average Bonchev–Trinajstić information content (AvgIpc) is 2.61. The summed E-state index contributed by atoms with van der Waals surface area (Å²) in [5, 5.41) is 4.10.